The van der Waals surface area contributed by atoms with E-state index in [0.29, 0.717) is 22.9 Å². The van der Waals surface area contributed by atoms with Gasteiger partial charge in [0.2, 0.25) is 0 Å². The van der Waals surface area contributed by atoms with Crippen molar-refractivity contribution in [1.82, 2.24) is 4.98 Å². The van der Waals surface area contributed by atoms with Gasteiger partial charge in [-0.15, -0.1) is 11.3 Å². The van der Waals surface area contributed by atoms with Crippen LogP contribution in [0.15, 0.2) is 66.3 Å². The molecule has 0 saturated carbocycles. The van der Waals surface area contributed by atoms with Gasteiger partial charge >= 0.3 is 0 Å². The molecule has 4 nitrogen and oxygen atoms in total. The van der Waals surface area contributed by atoms with E-state index in [1.165, 1.54) is 11.3 Å². The van der Waals surface area contributed by atoms with E-state index in [0.717, 1.165) is 5.56 Å². The molecule has 0 bridgehead atoms. The van der Waals surface area contributed by atoms with Crippen molar-refractivity contribution in [2.24, 2.45) is 0 Å². The van der Waals surface area contributed by atoms with Crippen LogP contribution in [0.25, 0.3) is 0 Å². The van der Waals surface area contributed by atoms with Crippen molar-refractivity contribution in [2.75, 3.05) is 5.32 Å². The Balaban J connectivity index is 1.68. The molecule has 1 aromatic carbocycles. The fraction of sp³-hybridized carbons (Fsp3) is 0.0588. The van der Waals surface area contributed by atoms with Gasteiger partial charge in [0, 0.05) is 18.1 Å². The number of rotatable bonds is 5. The zero-order valence-electron chi connectivity index (χ0n) is 11.7. The zero-order chi connectivity index (χ0) is 15.2. The molecule has 0 aliphatic heterocycles. The summed E-state index contributed by atoms with van der Waals surface area (Å²) in [5.74, 6) is 0.421. The Bertz CT molecular complexity index is 742. The molecule has 0 saturated heterocycles. The number of amides is 1. The van der Waals surface area contributed by atoms with Gasteiger partial charge in [0.1, 0.15) is 17.2 Å². The van der Waals surface area contributed by atoms with E-state index >= 15 is 0 Å². The third kappa shape index (κ3) is 3.51. The van der Waals surface area contributed by atoms with Crippen molar-refractivity contribution in [1.29, 1.82) is 0 Å². The summed E-state index contributed by atoms with van der Waals surface area (Å²) in [5, 5.41) is 4.68. The largest absolute Gasteiger partial charge is 0.487 e. The van der Waals surface area contributed by atoms with Crippen LogP contribution in [-0.4, -0.2) is 10.9 Å². The van der Waals surface area contributed by atoms with Crippen LogP contribution >= 0.6 is 11.3 Å². The van der Waals surface area contributed by atoms with Gasteiger partial charge in [0.05, 0.1) is 0 Å². The molecule has 22 heavy (non-hydrogen) atoms. The van der Waals surface area contributed by atoms with E-state index in [2.05, 4.69) is 10.3 Å². The number of nitrogens with one attached hydrogen (secondary N) is 1. The number of nitrogens with zero attached hydrogens (tertiary/aromatic N) is 1. The first-order valence-corrected chi connectivity index (χ1v) is 7.66. The molecular formula is C17H14N2O2S. The number of aromatic nitrogens is 1. The van der Waals surface area contributed by atoms with Gasteiger partial charge in [-0.05, 0) is 29.1 Å². The Labute approximate surface area is 132 Å². The summed E-state index contributed by atoms with van der Waals surface area (Å²) in [5.41, 5.74) is 1.77. The number of ether oxygens (including phenoxy) is 1. The summed E-state index contributed by atoms with van der Waals surface area (Å²) in [6, 6.07) is 15.2. The Morgan fingerprint density at radius 1 is 1.09 bits per heavy atom. The minimum atomic E-state index is -0.177. The van der Waals surface area contributed by atoms with Crippen molar-refractivity contribution in [3.05, 3.63) is 76.7 Å². The lowest BCUT2D eigenvalue weighted by molar-refractivity contribution is 0.102. The van der Waals surface area contributed by atoms with Gasteiger partial charge in [-0.1, -0.05) is 30.3 Å². The number of benzene rings is 1. The van der Waals surface area contributed by atoms with E-state index in [1.807, 2.05) is 41.8 Å². The van der Waals surface area contributed by atoms with Gasteiger partial charge < -0.3 is 10.1 Å². The van der Waals surface area contributed by atoms with Gasteiger partial charge in [-0.3, -0.25) is 9.78 Å². The molecule has 3 rings (SSSR count). The number of hydrogen-bond donors (Lipinski definition) is 1. The Hall–Kier alpha value is -2.66. The smallest absolute Gasteiger partial charge is 0.269 e. The molecular weight excluding hydrogens is 296 g/mol. The van der Waals surface area contributed by atoms with E-state index < -0.39 is 0 Å². The minimum absolute atomic E-state index is 0.177. The number of anilines is 1. The predicted octanol–water partition coefficient (Wildman–Crippen LogP) is 3.97. The fourth-order valence-electron chi connectivity index (χ4n) is 1.94. The van der Waals surface area contributed by atoms with E-state index in [9.17, 15) is 4.79 Å². The summed E-state index contributed by atoms with van der Waals surface area (Å²) < 4.78 is 5.76. The van der Waals surface area contributed by atoms with Crippen LogP contribution in [0.5, 0.6) is 5.75 Å². The molecule has 2 aromatic heterocycles. The number of pyridine rings is 1. The van der Waals surface area contributed by atoms with Gasteiger partial charge in [0.15, 0.2) is 0 Å². The van der Waals surface area contributed by atoms with E-state index in [1.54, 1.807) is 24.5 Å². The zero-order valence-corrected chi connectivity index (χ0v) is 12.5. The first-order valence-electron chi connectivity index (χ1n) is 6.78. The average molecular weight is 310 g/mol. The molecule has 1 amide bonds. The second-order valence-electron chi connectivity index (χ2n) is 4.58. The lowest BCUT2D eigenvalue weighted by Gasteiger charge is -2.08. The van der Waals surface area contributed by atoms with Crippen LogP contribution < -0.4 is 10.1 Å². The maximum Gasteiger partial charge on any atom is 0.269 e. The first-order chi connectivity index (χ1) is 10.8. The third-order valence-corrected chi connectivity index (χ3v) is 3.91. The van der Waals surface area contributed by atoms with Gasteiger partial charge in [-0.2, -0.15) is 0 Å². The van der Waals surface area contributed by atoms with Crippen molar-refractivity contribution < 1.29 is 9.53 Å². The van der Waals surface area contributed by atoms with Crippen LogP contribution in [0.1, 0.15) is 15.2 Å². The third-order valence-electron chi connectivity index (χ3n) is 3.01. The first kappa shape index (κ1) is 14.3. The predicted molar refractivity (Wildman–Crippen MR) is 87.3 cm³/mol. The normalized spacial score (nSPS) is 10.2. The molecule has 110 valence electrons. The van der Waals surface area contributed by atoms with Crippen molar-refractivity contribution in [3.63, 3.8) is 0 Å². The van der Waals surface area contributed by atoms with Crippen LogP contribution in [0.2, 0.25) is 0 Å². The molecule has 0 spiro atoms. The average Bonchev–Trinajstić information content (AvgIpc) is 3.03. The maximum atomic E-state index is 12.3. The highest BCUT2D eigenvalue weighted by molar-refractivity contribution is 7.12. The van der Waals surface area contributed by atoms with Crippen LogP contribution in [0.4, 0.5) is 5.69 Å². The Kier molecular flexibility index (Phi) is 4.46. The van der Waals surface area contributed by atoms with Crippen molar-refractivity contribution >= 4 is 22.9 Å². The summed E-state index contributed by atoms with van der Waals surface area (Å²) >= 11 is 1.36. The highest BCUT2D eigenvalue weighted by atomic mass is 32.1. The topological polar surface area (TPSA) is 51.2 Å². The summed E-state index contributed by atoms with van der Waals surface area (Å²) in [6.07, 6.45) is 3.27. The molecule has 3 aromatic rings. The lowest BCUT2D eigenvalue weighted by Crippen LogP contribution is -2.11. The summed E-state index contributed by atoms with van der Waals surface area (Å²) in [4.78, 5) is 16.8. The summed E-state index contributed by atoms with van der Waals surface area (Å²) in [7, 11) is 0. The van der Waals surface area contributed by atoms with Crippen LogP contribution in [0.3, 0.4) is 0 Å². The second-order valence-corrected chi connectivity index (χ2v) is 5.49. The molecule has 0 radical (unpaired) electrons. The molecule has 0 fully saturated rings. The summed E-state index contributed by atoms with van der Waals surface area (Å²) in [6.45, 7) is 0.438. The number of thiophene rings is 1. The standard InChI is InChI=1S/C17H14N2O2S/c20-17(19-14-6-9-18-10-7-14)16-15(8-11-22-16)21-12-13-4-2-1-3-5-13/h1-11H,12H2,(H,18,19,20). The second kappa shape index (κ2) is 6.87. The quantitative estimate of drug-likeness (QED) is 0.775. The maximum absolute atomic E-state index is 12.3. The molecule has 1 N–H and O–H groups in total. The molecule has 0 aliphatic carbocycles. The SMILES string of the molecule is O=C(Nc1ccncc1)c1sccc1OCc1ccccc1. The fourth-order valence-corrected chi connectivity index (χ4v) is 2.66. The minimum Gasteiger partial charge on any atom is -0.487 e. The number of carbonyl (C=O) groups excluding carboxylic acids is 1. The van der Waals surface area contributed by atoms with E-state index in [-0.39, 0.29) is 5.91 Å². The monoisotopic (exact) mass is 310 g/mol. The molecule has 0 unspecified atom stereocenters. The highest BCUT2D eigenvalue weighted by Gasteiger charge is 2.14. The Morgan fingerprint density at radius 2 is 1.86 bits per heavy atom. The molecule has 2 heterocycles. The van der Waals surface area contributed by atoms with E-state index in [4.69, 9.17) is 4.74 Å². The lowest BCUT2D eigenvalue weighted by atomic mass is 10.2. The van der Waals surface area contributed by atoms with Gasteiger partial charge in [0.25, 0.3) is 5.91 Å². The number of hydrogen-bond acceptors (Lipinski definition) is 4. The van der Waals surface area contributed by atoms with Crippen LogP contribution in [-0.2, 0) is 6.61 Å². The van der Waals surface area contributed by atoms with Crippen molar-refractivity contribution in [3.8, 4) is 5.75 Å². The van der Waals surface area contributed by atoms with Gasteiger partial charge in [-0.25, -0.2) is 0 Å². The van der Waals surface area contributed by atoms with Crippen LogP contribution in [0, 0.1) is 0 Å². The molecule has 5 heteroatoms. The highest BCUT2D eigenvalue weighted by Crippen LogP contribution is 2.26. The molecule has 0 atom stereocenters. The Morgan fingerprint density at radius 3 is 2.64 bits per heavy atom. The molecule has 0 aliphatic rings. The van der Waals surface area contributed by atoms with Crippen molar-refractivity contribution in [2.45, 2.75) is 6.61 Å². The number of carbonyl (C=O) groups is 1.